The average molecular weight is 220 g/mol. The molecule has 0 atom stereocenters. The first kappa shape index (κ1) is 10.4. The fourth-order valence-electron chi connectivity index (χ4n) is 1.58. The van der Waals surface area contributed by atoms with E-state index in [0.29, 0.717) is 11.4 Å². The number of rotatable bonds is 2. The molecule has 0 aliphatic carbocycles. The van der Waals surface area contributed by atoms with Crippen LogP contribution in [-0.2, 0) is 11.3 Å². The summed E-state index contributed by atoms with van der Waals surface area (Å²) < 4.78 is 0. The first-order valence-corrected chi connectivity index (χ1v) is 4.84. The molecule has 0 aromatic carbocycles. The number of carbonyl (C=O) groups excluding carboxylic acids is 2. The molecule has 0 unspecified atom stereocenters. The van der Waals surface area contributed by atoms with E-state index in [1.54, 1.807) is 25.4 Å². The molecule has 6 heteroatoms. The van der Waals surface area contributed by atoms with E-state index in [1.165, 1.54) is 9.80 Å². The summed E-state index contributed by atoms with van der Waals surface area (Å²) in [5.41, 5.74) is 6.33. The summed E-state index contributed by atoms with van der Waals surface area (Å²) in [7, 11) is 1.59. The summed E-state index contributed by atoms with van der Waals surface area (Å²) >= 11 is 0. The van der Waals surface area contributed by atoms with E-state index in [9.17, 15) is 9.59 Å². The second kappa shape index (κ2) is 3.80. The monoisotopic (exact) mass is 220 g/mol. The Bertz CT molecular complexity index is 446. The molecule has 84 valence electrons. The quantitative estimate of drug-likeness (QED) is 0.714. The molecule has 2 rings (SSSR count). The maximum atomic E-state index is 11.6. The Balaban J connectivity index is 2.20. The lowest BCUT2D eigenvalue weighted by Gasteiger charge is -2.14. The zero-order valence-corrected chi connectivity index (χ0v) is 8.88. The number of amides is 3. The van der Waals surface area contributed by atoms with Crippen LogP contribution in [0.2, 0.25) is 0 Å². The van der Waals surface area contributed by atoms with Gasteiger partial charge in [-0.25, -0.2) is 9.78 Å². The summed E-state index contributed by atoms with van der Waals surface area (Å²) in [6.07, 6.45) is 1.57. The van der Waals surface area contributed by atoms with Crippen LogP contribution in [0.4, 0.5) is 10.6 Å². The molecule has 1 aromatic heterocycles. The molecule has 1 fully saturated rings. The van der Waals surface area contributed by atoms with Crippen LogP contribution in [0.15, 0.2) is 18.3 Å². The van der Waals surface area contributed by atoms with Crippen LogP contribution >= 0.6 is 0 Å². The van der Waals surface area contributed by atoms with Gasteiger partial charge in [0, 0.05) is 18.8 Å². The number of imide groups is 1. The highest BCUT2D eigenvalue weighted by atomic mass is 16.2. The number of nitrogen functional groups attached to an aromatic ring is 1. The standard InChI is InChI=1S/C10H12N4O2/c1-13-6-8(15)14(10(13)16)5-7-3-2-4-12-9(7)11/h2-4H,5-6H2,1H3,(H2,11,12). The van der Waals surface area contributed by atoms with Gasteiger partial charge in [-0.2, -0.15) is 0 Å². The first-order valence-electron chi connectivity index (χ1n) is 4.84. The summed E-state index contributed by atoms with van der Waals surface area (Å²) in [4.78, 5) is 29.6. The molecular weight excluding hydrogens is 208 g/mol. The van der Waals surface area contributed by atoms with E-state index < -0.39 is 0 Å². The fourth-order valence-corrected chi connectivity index (χ4v) is 1.58. The van der Waals surface area contributed by atoms with Crippen LogP contribution in [0.3, 0.4) is 0 Å². The number of urea groups is 1. The largest absolute Gasteiger partial charge is 0.383 e. The number of pyridine rings is 1. The van der Waals surface area contributed by atoms with Gasteiger partial charge in [0.25, 0.3) is 5.91 Å². The Labute approximate surface area is 92.7 Å². The Morgan fingerprint density at radius 2 is 2.25 bits per heavy atom. The minimum atomic E-state index is -0.298. The zero-order chi connectivity index (χ0) is 11.7. The van der Waals surface area contributed by atoms with Crippen molar-refractivity contribution >= 4 is 17.8 Å². The molecule has 1 aromatic rings. The van der Waals surface area contributed by atoms with E-state index in [4.69, 9.17) is 5.73 Å². The molecule has 1 aliphatic rings. The van der Waals surface area contributed by atoms with Gasteiger partial charge in [-0.05, 0) is 6.07 Å². The van der Waals surface area contributed by atoms with Gasteiger partial charge in [0.2, 0.25) is 0 Å². The topological polar surface area (TPSA) is 79.5 Å². The highest BCUT2D eigenvalue weighted by Crippen LogP contribution is 2.15. The van der Waals surface area contributed by atoms with Gasteiger partial charge < -0.3 is 10.6 Å². The van der Waals surface area contributed by atoms with Crippen LogP contribution in [0, 0.1) is 0 Å². The van der Waals surface area contributed by atoms with Gasteiger partial charge in [-0.3, -0.25) is 9.69 Å². The third-order valence-electron chi connectivity index (χ3n) is 2.49. The molecule has 1 saturated heterocycles. The Hall–Kier alpha value is -2.11. The summed E-state index contributed by atoms with van der Waals surface area (Å²) in [5, 5.41) is 0. The normalized spacial score (nSPS) is 16.1. The van der Waals surface area contributed by atoms with Gasteiger partial charge in [0.05, 0.1) is 6.54 Å². The van der Waals surface area contributed by atoms with Crippen LogP contribution in [-0.4, -0.2) is 40.3 Å². The maximum absolute atomic E-state index is 11.6. The van der Waals surface area contributed by atoms with Crippen molar-refractivity contribution in [1.29, 1.82) is 0 Å². The lowest BCUT2D eigenvalue weighted by atomic mass is 10.2. The molecule has 1 aliphatic heterocycles. The number of hydrogen-bond donors (Lipinski definition) is 1. The summed E-state index contributed by atoms with van der Waals surface area (Å²) in [6, 6.07) is 3.18. The van der Waals surface area contributed by atoms with Crippen molar-refractivity contribution in [2.45, 2.75) is 6.54 Å². The van der Waals surface area contributed by atoms with E-state index in [-0.39, 0.29) is 25.0 Å². The fraction of sp³-hybridized carbons (Fsp3) is 0.300. The second-order valence-corrected chi connectivity index (χ2v) is 3.67. The van der Waals surface area contributed by atoms with Crippen molar-refractivity contribution in [3.8, 4) is 0 Å². The van der Waals surface area contributed by atoms with Gasteiger partial charge >= 0.3 is 6.03 Å². The predicted octanol–water partition coefficient (Wildman–Crippen LogP) is 0.0578. The zero-order valence-electron chi connectivity index (χ0n) is 8.88. The number of carbonyl (C=O) groups is 2. The molecule has 2 N–H and O–H groups in total. The molecule has 0 spiro atoms. The second-order valence-electron chi connectivity index (χ2n) is 3.67. The number of nitrogens with two attached hydrogens (primary N) is 1. The van der Waals surface area contributed by atoms with Crippen LogP contribution in [0.5, 0.6) is 0 Å². The number of nitrogens with zero attached hydrogens (tertiary/aromatic N) is 3. The minimum absolute atomic E-state index is 0.124. The molecular formula is C10H12N4O2. The van der Waals surface area contributed by atoms with Crippen molar-refractivity contribution in [3.63, 3.8) is 0 Å². The van der Waals surface area contributed by atoms with Gasteiger partial charge in [0.15, 0.2) is 0 Å². The van der Waals surface area contributed by atoms with E-state index in [1.807, 2.05) is 0 Å². The molecule has 6 nitrogen and oxygen atoms in total. The lowest BCUT2D eigenvalue weighted by molar-refractivity contribution is -0.125. The highest BCUT2D eigenvalue weighted by Gasteiger charge is 2.33. The number of hydrogen-bond acceptors (Lipinski definition) is 4. The van der Waals surface area contributed by atoms with E-state index >= 15 is 0 Å². The molecule has 0 bridgehead atoms. The lowest BCUT2D eigenvalue weighted by Crippen LogP contribution is -2.31. The molecule has 0 radical (unpaired) electrons. The van der Waals surface area contributed by atoms with Crippen molar-refractivity contribution in [3.05, 3.63) is 23.9 Å². The average Bonchev–Trinajstić information content (AvgIpc) is 2.48. The Morgan fingerprint density at radius 3 is 2.81 bits per heavy atom. The van der Waals surface area contributed by atoms with Crippen molar-refractivity contribution < 1.29 is 9.59 Å². The molecule has 2 heterocycles. The minimum Gasteiger partial charge on any atom is -0.383 e. The van der Waals surface area contributed by atoms with Crippen LogP contribution in [0.25, 0.3) is 0 Å². The van der Waals surface area contributed by atoms with Gasteiger partial charge in [0.1, 0.15) is 12.4 Å². The van der Waals surface area contributed by atoms with Crippen molar-refractivity contribution in [2.75, 3.05) is 19.3 Å². The molecule has 16 heavy (non-hydrogen) atoms. The Morgan fingerprint density at radius 1 is 1.50 bits per heavy atom. The smallest absolute Gasteiger partial charge is 0.327 e. The predicted molar refractivity (Wildman–Crippen MR) is 57.2 cm³/mol. The first-order chi connectivity index (χ1) is 7.59. The highest BCUT2D eigenvalue weighted by molar-refractivity contribution is 6.01. The van der Waals surface area contributed by atoms with Crippen LogP contribution < -0.4 is 5.73 Å². The number of likely N-dealkylation sites (N-methyl/N-ethyl adjacent to an activating group) is 1. The number of anilines is 1. The third-order valence-corrected chi connectivity index (χ3v) is 2.49. The molecule has 0 saturated carbocycles. The van der Waals surface area contributed by atoms with Crippen LogP contribution in [0.1, 0.15) is 5.56 Å². The SMILES string of the molecule is CN1CC(=O)N(Cc2cccnc2N)C1=O. The van der Waals surface area contributed by atoms with Crippen molar-refractivity contribution in [2.24, 2.45) is 0 Å². The van der Waals surface area contributed by atoms with Gasteiger partial charge in [-0.1, -0.05) is 6.07 Å². The van der Waals surface area contributed by atoms with Crippen molar-refractivity contribution in [1.82, 2.24) is 14.8 Å². The van der Waals surface area contributed by atoms with E-state index in [0.717, 1.165) is 0 Å². The Kier molecular flexibility index (Phi) is 2.47. The van der Waals surface area contributed by atoms with E-state index in [2.05, 4.69) is 4.98 Å². The third kappa shape index (κ3) is 1.69. The number of aromatic nitrogens is 1. The maximum Gasteiger partial charge on any atom is 0.327 e. The van der Waals surface area contributed by atoms with Gasteiger partial charge in [-0.15, -0.1) is 0 Å². The molecule has 3 amide bonds. The summed E-state index contributed by atoms with van der Waals surface area (Å²) in [5.74, 6) is 0.133. The summed E-state index contributed by atoms with van der Waals surface area (Å²) in [6.45, 7) is 0.306.